The third-order valence-electron chi connectivity index (χ3n) is 3.40. The summed E-state index contributed by atoms with van der Waals surface area (Å²) < 4.78 is 7.88. The molecule has 0 spiro atoms. The molecule has 0 saturated heterocycles. The van der Waals surface area contributed by atoms with E-state index < -0.39 is 0 Å². The average molecular weight is 391 g/mol. The van der Waals surface area contributed by atoms with Crippen LogP contribution in [-0.2, 0) is 4.74 Å². The Bertz CT molecular complexity index is 407. The van der Waals surface area contributed by atoms with Gasteiger partial charge in [-0.1, -0.05) is 37.9 Å². The van der Waals surface area contributed by atoms with Crippen molar-refractivity contribution < 1.29 is 4.74 Å². The number of ether oxygens (including phenoxy) is 1. The number of halogens is 2. The second-order valence-electron chi connectivity index (χ2n) is 5.21. The van der Waals surface area contributed by atoms with Gasteiger partial charge in [-0.15, -0.1) is 0 Å². The quantitative estimate of drug-likeness (QED) is 0.650. The van der Waals surface area contributed by atoms with Crippen LogP contribution in [0.1, 0.15) is 37.8 Å². The summed E-state index contributed by atoms with van der Waals surface area (Å²) in [6, 6.07) is 6.67. The Labute approximate surface area is 132 Å². The molecule has 2 nitrogen and oxygen atoms in total. The number of hydrogen-bond acceptors (Lipinski definition) is 2. The molecular formula is C15H21Br2NO. The Morgan fingerprint density at radius 2 is 2.16 bits per heavy atom. The molecule has 0 radical (unpaired) electrons. The van der Waals surface area contributed by atoms with Crippen molar-refractivity contribution in [2.45, 2.75) is 32.2 Å². The van der Waals surface area contributed by atoms with E-state index in [1.54, 1.807) is 0 Å². The van der Waals surface area contributed by atoms with Crippen LogP contribution in [-0.4, -0.2) is 19.8 Å². The van der Waals surface area contributed by atoms with E-state index in [-0.39, 0.29) is 0 Å². The van der Waals surface area contributed by atoms with Crippen LogP contribution in [0.15, 0.2) is 27.1 Å². The van der Waals surface area contributed by atoms with Crippen LogP contribution in [0.25, 0.3) is 0 Å². The molecule has 106 valence electrons. The summed E-state index contributed by atoms with van der Waals surface area (Å²) >= 11 is 7.09. The van der Waals surface area contributed by atoms with Crippen molar-refractivity contribution in [1.82, 2.24) is 5.32 Å². The summed E-state index contributed by atoms with van der Waals surface area (Å²) in [5.74, 6) is 0.866. The van der Waals surface area contributed by atoms with E-state index in [9.17, 15) is 0 Å². The van der Waals surface area contributed by atoms with Crippen molar-refractivity contribution in [1.29, 1.82) is 0 Å². The zero-order chi connectivity index (χ0) is 13.7. The van der Waals surface area contributed by atoms with Crippen LogP contribution in [0, 0.1) is 5.92 Å². The molecule has 0 aliphatic heterocycles. The molecule has 1 aliphatic rings. The minimum absolute atomic E-state index is 0.353. The number of hydrogen-bond donors (Lipinski definition) is 1. The zero-order valence-corrected chi connectivity index (χ0v) is 14.5. The fourth-order valence-corrected chi connectivity index (χ4v) is 3.38. The van der Waals surface area contributed by atoms with Crippen LogP contribution < -0.4 is 5.32 Å². The van der Waals surface area contributed by atoms with Gasteiger partial charge in [-0.25, -0.2) is 0 Å². The molecular weight excluding hydrogens is 370 g/mol. The van der Waals surface area contributed by atoms with Crippen LogP contribution in [0.3, 0.4) is 0 Å². The lowest BCUT2D eigenvalue weighted by Crippen LogP contribution is -2.21. The molecule has 0 bridgehead atoms. The summed E-state index contributed by atoms with van der Waals surface area (Å²) in [7, 11) is 0. The second-order valence-corrected chi connectivity index (χ2v) is 6.98. The van der Waals surface area contributed by atoms with Gasteiger partial charge in [0, 0.05) is 28.2 Å². The number of rotatable bonds is 8. The highest BCUT2D eigenvalue weighted by Crippen LogP contribution is 2.29. The summed E-state index contributed by atoms with van der Waals surface area (Å²) in [5, 5.41) is 3.54. The van der Waals surface area contributed by atoms with Gasteiger partial charge >= 0.3 is 0 Å². The maximum absolute atomic E-state index is 5.63. The van der Waals surface area contributed by atoms with Gasteiger partial charge in [0.2, 0.25) is 0 Å². The molecule has 1 aromatic carbocycles. The highest BCUT2D eigenvalue weighted by Gasteiger charge is 2.20. The lowest BCUT2D eigenvalue weighted by atomic mass is 10.1. The van der Waals surface area contributed by atoms with Crippen molar-refractivity contribution >= 4 is 31.9 Å². The molecule has 1 fully saturated rings. The Balaban J connectivity index is 1.63. The average Bonchev–Trinajstić information content (AvgIpc) is 3.17. The predicted molar refractivity (Wildman–Crippen MR) is 86.4 cm³/mol. The molecule has 1 unspecified atom stereocenters. The van der Waals surface area contributed by atoms with E-state index in [1.165, 1.54) is 18.4 Å². The van der Waals surface area contributed by atoms with Crippen molar-refractivity contribution in [3.05, 3.63) is 32.7 Å². The third kappa shape index (κ3) is 5.54. The lowest BCUT2D eigenvalue weighted by molar-refractivity contribution is 0.121. The first-order chi connectivity index (χ1) is 9.16. The van der Waals surface area contributed by atoms with Crippen LogP contribution in [0.4, 0.5) is 0 Å². The van der Waals surface area contributed by atoms with Crippen LogP contribution in [0.2, 0.25) is 0 Å². The maximum Gasteiger partial charge on any atom is 0.0494 e. The Morgan fingerprint density at radius 3 is 2.84 bits per heavy atom. The highest BCUT2D eigenvalue weighted by atomic mass is 79.9. The van der Waals surface area contributed by atoms with E-state index in [1.807, 2.05) is 0 Å². The van der Waals surface area contributed by atoms with E-state index >= 15 is 0 Å². The van der Waals surface area contributed by atoms with Gasteiger partial charge in [0.25, 0.3) is 0 Å². The molecule has 1 atom stereocenters. The first-order valence-electron chi connectivity index (χ1n) is 6.93. The fraction of sp³-hybridized carbons (Fsp3) is 0.600. The molecule has 1 saturated carbocycles. The molecule has 1 aromatic rings. The smallest absolute Gasteiger partial charge is 0.0494 e. The summed E-state index contributed by atoms with van der Waals surface area (Å²) in [6.45, 7) is 5.03. The second kappa shape index (κ2) is 7.77. The third-order valence-corrected chi connectivity index (χ3v) is 4.58. The van der Waals surface area contributed by atoms with Crippen molar-refractivity contribution in [2.24, 2.45) is 5.92 Å². The number of benzene rings is 1. The van der Waals surface area contributed by atoms with Gasteiger partial charge in [0.05, 0.1) is 0 Å². The summed E-state index contributed by atoms with van der Waals surface area (Å²) in [4.78, 5) is 0. The first kappa shape index (κ1) is 15.5. The predicted octanol–water partition coefficient (Wildman–Crippen LogP) is 4.68. The minimum atomic E-state index is 0.353. The standard InChI is InChI=1S/C15H21Br2NO/c1-11(14-6-5-13(16)9-15(14)17)18-7-2-8-19-10-12-3-4-12/h5-6,9,11-12,18H,2-4,7-8,10H2,1H3. The minimum Gasteiger partial charge on any atom is -0.381 e. The molecule has 4 heteroatoms. The molecule has 0 amide bonds. The maximum atomic E-state index is 5.63. The fourth-order valence-electron chi connectivity index (χ4n) is 1.99. The Hall–Kier alpha value is 0.1000. The Kier molecular flexibility index (Phi) is 6.33. The Morgan fingerprint density at radius 1 is 1.37 bits per heavy atom. The zero-order valence-electron chi connectivity index (χ0n) is 11.3. The first-order valence-corrected chi connectivity index (χ1v) is 8.51. The summed E-state index contributed by atoms with van der Waals surface area (Å²) in [5.41, 5.74) is 1.29. The van der Waals surface area contributed by atoms with Crippen molar-refractivity contribution in [2.75, 3.05) is 19.8 Å². The monoisotopic (exact) mass is 389 g/mol. The van der Waals surface area contributed by atoms with Crippen LogP contribution in [0.5, 0.6) is 0 Å². The van der Waals surface area contributed by atoms with E-state index in [0.29, 0.717) is 6.04 Å². The molecule has 1 aliphatic carbocycles. The summed E-state index contributed by atoms with van der Waals surface area (Å²) in [6.07, 6.45) is 3.81. The number of nitrogens with one attached hydrogen (secondary N) is 1. The molecule has 0 aromatic heterocycles. The largest absolute Gasteiger partial charge is 0.381 e. The SMILES string of the molecule is CC(NCCCOCC1CC1)c1ccc(Br)cc1Br. The van der Waals surface area contributed by atoms with Gasteiger partial charge in [0.1, 0.15) is 0 Å². The lowest BCUT2D eigenvalue weighted by Gasteiger charge is -2.16. The van der Waals surface area contributed by atoms with E-state index in [4.69, 9.17) is 4.74 Å². The van der Waals surface area contributed by atoms with Gasteiger partial charge in [-0.3, -0.25) is 0 Å². The highest BCUT2D eigenvalue weighted by molar-refractivity contribution is 9.11. The van der Waals surface area contributed by atoms with E-state index in [0.717, 1.165) is 41.0 Å². The van der Waals surface area contributed by atoms with E-state index in [2.05, 4.69) is 62.3 Å². The van der Waals surface area contributed by atoms with Crippen molar-refractivity contribution in [3.8, 4) is 0 Å². The van der Waals surface area contributed by atoms with Gasteiger partial charge in [0.15, 0.2) is 0 Å². The molecule has 19 heavy (non-hydrogen) atoms. The van der Waals surface area contributed by atoms with Crippen LogP contribution >= 0.6 is 31.9 Å². The van der Waals surface area contributed by atoms with Gasteiger partial charge in [-0.2, -0.15) is 0 Å². The van der Waals surface area contributed by atoms with Gasteiger partial charge < -0.3 is 10.1 Å². The molecule has 1 N–H and O–H groups in total. The normalized spacial score (nSPS) is 16.6. The van der Waals surface area contributed by atoms with Crippen molar-refractivity contribution in [3.63, 3.8) is 0 Å². The molecule has 0 heterocycles. The topological polar surface area (TPSA) is 21.3 Å². The van der Waals surface area contributed by atoms with Gasteiger partial charge in [-0.05, 0) is 56.3 Å². The molecule has 2 rings (SSSR count).